The van der Waals surface area contributed by atoms with Gasteiger partial charge in [0.1, 0.15) is 11.5 Å². The van der Waals surface area contributed by atoms with Crippen LogP contribution in [0.4, 0.5) is 0 Å². The summed E-state index contributed by atoms with van der Waals surface area (Å²) in [4.78, 5) is 11.9. The average molecular weight is 298 g/mol. The molecular formula is C17H18N2O3. The Morgan fingerprint density at radius 2 is 1.82 bits per heavy atom. The van der Waals surface area contributed by atoms with E-state index >= 15 is 0 Å². The summed E-state index contributed by atoms with van der Waals surface area (Å²) in [5.41, 5.74) is 4.86. The number of hydrazone groups is 1. The fraction of sp³-hybridized carbons (Fsp3) is 0.176. The summed E-state index contributed by atoms with van der Waals surface area (Å²) in [6, 6.07) is 12.6. The molecule has 0 aliphatic rings. The third-order valence-corrected chi connectivity index (χ3v) is 3.12. The van der Waals surface area contributed by atoms with Gasteiger partial charge in [0.2, 0.25) is 0 Å². The van der Waals surface area contributed by atoms with E-state index in [9.17, 15) is 4.79 Å². The number of hydrogen-bond donors (Lipinski definition) is 1. The molecule has 0 fully saturated rings. The Bertz CT molecular complexity index is 679. The molecule has 5 heteroatoms. The first kappa shape index (κ1) is 15.6. The molecule has 2 aromatic rings. The van der Waals surface area contributed by atoms with E-state index in [1.54, 1.807) is 44.6 Å². The highest BCUT2D eigenvalue weighted by molar-refractivity contribution is 5.95. The van der Waals surface area contributed by atoms with Crippen molar-refractivity contribution in [1.82, 2.24) is 5.43 Å². The molecule has 0 spiro atoms. The van der Waals surface area contributed by atoms with Crippen LogP contribution in [0.2, 0.25) is 0 Å². The minimum atomic E-state index is -0.266. The van der Waals surface area contributed by atoms with Gasteiger partial charge in [0.15, 0.2) is 0 Å². The zero-order chi connectivity index (χ0) is 15.9. The van der Waals surface area contributed by atoms with Crippen molar-refractivity contribution in [3.63, 3.8) is 0 Å². The van der Waals surface area contributed by atoms with Crippen LogP contribution in [0.25, 0.3) is 0 Å². The molecular weight excluding hydrogens is 280 g/mol. The van der Waals surface area contributed by atoms with Crippen LogP contribution in [0.5, 0.6) is 11.5 Å². The van der Waals surface area contributed by atoms with Crippen LogP contribution in [-0.4, -0.2) is 26.3 Å². The van der Waals surface area contributed by atoms with E-state index in [-0.39, 0.29) is 5.91 Å². The number of ether oxygens (including phenoxy) is 2. The summed E-state index contributed by atoms with van der Waals surface area (Å²) in [5.74, 6) is 1.07. The first-order valence-corrected chi connectivity index (χ1v) is 6.76. The molecule has 2 rings (SSSR count). The van der Waals surface area contributed by atoms with Gasteiger partial charge in [-0.3, -0.25) is 4.79 Å². The Kier molecular flexibility index (Phi) is 5.14. The second-order valence-electron chi connectivity index (χ2n) is 4.67. The highest BCUT2D eigenvalue weighted by Crippen LogP contribution is 2.22. The van der Waals surface area contributed by atoms with E-state index in [1.165, 1.54) is 6.21 Å². The lowest BCUT2D eigenvalue weighted by Gasteiger charge is -2.06. The molecule has 0 aromatic heterocycles. The Labute approximate surface area is 129 Å². The summed E-state index contributed by atoms with van der Waals surface area (Å²) in [7, 11) is 3.16. The van der Waals surface area contributed by atoms with Crippen LogP contribution in [0.15, 0.2) is 47.6 Å². The molecule has 114 valence electrons. The first-order chi connectivity index (χ1) is 10.6. The minimum Gasteiger partial charge on any atom is -0.497 e. The molecule has 1 N–H and O–H groups in total. The summed E-state index contributed by atoms with van der Waals surface area (Å²) >= 11 is 0. The standard InChI is InChI=1S/C17H18N2O3/c1-12-4-6-13(7-5-12)17(20)19-18-11-14-10-15(21-2)8-9-16(14)22-3/h4-11H,1-3H3,(H,19,20)/b18-11-. The maximum Gasteiger partial charge on any atom is 0.271 e. The Morgan fingerprint density at radius 1 is 1.09 bits per heavy atom. The summed E-state index contributed by atoms with van der Waals surface area (Å²) in [6.07, 6.45) is 1.52. The highest BCUT2D eigenvalue weighted by atomic mass is 16.5. The molecule has 1 amide bonds. The molecule has 0 atom stereocenters. The highest BCUT2D eigenvalue weighted by Gasteiger charge is 2.05. The van der Waals surface area contributed by atoms with Gasteiger partial charge in [-0.25, -0.2) is 5.43 Å². The fourth-order valence-corrected chi connectivity index (χ4v) is 1.87. The molecule has 0 unspecified atom stereocenters. The van der Waals surface area contributed by atoms with Crippen LogP contribution in [-0.2, 0) is 0 Å². The van der Waals surface area contributed by atoms with Crippen molar-refractivity contribution >= 4 is 12.1 Å². The number of aryl methyl sites for hydroxylation is 1. The molecule has 0 aliphatic carbocycles. The van der Waals surface area contributed by atoms with E-state index in [0.717, 1.165) is 5.56 Å². The number of benzene rings is 2. The van der Waals surface area contributed by atoms with Crippen molar-refractivity contribution in [2.75, 3.05) is 14.2 Å². The molecule has 0 aliphatic heterocycles. The number of methoxy groups -OCH3 is 2. The lowest BCUT2D eigenvalue weighted by atomic mass is 10.1. The van der Waals surface area contributed by atoms with Gasteiger partial charge in [0, 0.05) is 11.1 Å². The van der Waals surface area contributed by atoms with Gasteiger partial charge in [0.05, 0.1) is 20.4 Å². The zero-order valence-corrected chi connectivity index (χ0v) is 12.8. The second kappa shape index (κ2) is 7.26. The molecule has 22 heavy (non-hydrogen) atoms. The van der Waals surface area contributed by atoms with Crippen molar-refractivity contribution in [1.29, 1.82) is 0 Å². The summed E-state index contributed by atoms with van der Waals surface area (Å²) in [5, 5.41) is 3.96. The normalized spacial score (nSPS) is 10.5. The van der Waals surface area contributed by atoms with Gasteiger partial charge in [-0.2, -0.15) is 5.10 Å². The average Bonchev–Trinajstić information content (AvgIpc) is 2.55. The fourth-order valence-electron chi connectivity index (χ4n) is 1.87. The third kappa shape index (κ3) is 3.85. The van der Waals surface area contributed by atoms with E-state index < -0.39 is 0 Å². The van der Waals surface area contributed by atoms with Gasteiger partial charge in [-0.1, -0.05) is 17.7 Å². The van der Waals surface area contributed by atoms with E-state index in [4.69, 9.17) is 9.47 Å². The molecule has 0 saturated carbocycles. The molecule has 2 aromatic carbocycles. The monoisotopic (exact) mass is 298 g/mol. The Balaban J connectivity index is 2.08. The van der Waals surface area contributed by atoms with Crippen molar-refractivity contribution in [3.8, 4) is 11.5 Å². The van der Waals surface area contributed by atoms with Gasteiger partial charge in [-0.05, 0) is 37.3 Å². The number of carbonyl (C=O) groups is 1. The number of nitrogens with zero attached hydrogens (tertiary/aromatic N) is 1. The molecule has 0 heterocycles. The van der Waals surface area contributed by atoms with E-state index in [0.29, 0.717) is 22.6 Å². The van der Waals surface area contributed by atoms with Crippen LogP contribution < -0.4 is 14.9 Å². The van der Waals surface area contributed by atoms with E-state index in [2.05, 4.69) is 10.5 Å². The first-order valence-electron chi connectivity index (χ1n) is 6.76. The predicted octanol–water partition coefficient (Wildman–Crippen LogP) is 2.78. The number of carbonyl (C=O) groups excluding carboxylic acids is 1. The molecule has 0 radical (unpaired) electrons. The van der Waals surface area contributed by atoms with Crippen molar-refractivity contribution < 1.29 is 14.3 Å². The van der Waals surface area contributed by atoms with Crippen LogP contribution in [0, 0.1) is 6.92 Å². The smallest absolute Gasteiger partial charge is 0.271 e. The van der Waals surface area contributed by atoms with Gasteiger partial charge >= 0.3 is 0 Å². The largest absolute Gasteiger partial charge is 0.497 e. The van der Waals surface area contributed by atoms with Gasteiger partial charge in [-0.15, -0.1) is 0 Å². The SMILES string of the molecule is COc1ccc(OC)c(/C=N\NC(=O)c2ccc(C)cc2)c1. The topological polar surface area (TPSA) is 59.9 Å². The predicted molar refractivity (Wildman–Crippen MR) is 85.8 cm³/mol. The second-order valence-corrected chi connectivity index (χ2v) is 4.67. The summed E-state index contributed by atoms with van der Waals surface area (Å²) in [6.45, 7) is 1.97. The van der Waals surface area contributed by atoms with Crippen molar-refractivity contribution in [3.05, 3.63) is 59.2 Å². The van der Waals surface area contributed by atoms with Crippen LogP contribution >= 0.6 is 0 Å². The molecule has 0 bridgehead atoms. The van der Waals surface area contributed by atoms with Crippen molar-refractivity contribution in [2.24, 2.45) is 5.10 Å². The van der Waals surface area contributed by atoms with Gasteiger partial charge < -0.3 is 9.47 Å². The number of amides is 1. The minimum absolute atomic E-state index is 0.266. The number of hydrogen-bond acceptors (Lipinski definition) is 4. The quantitative estimate of drug-likeness (QED) is 0.682. The molecule has 5 nitrogen and oxygen atoms in total. The Morgan fingerprint density at radius 3 is 2.45 bits per heavy atom. The lowest BCUT2D eigenvalue weighted by molar-refractivity contribution is 0.0955. The number of rotatable bonds is 5. The maximum absolute atomic E-state index is 11.9. The maximum atomic E-state index is 11.9. The van der Waals surface area contributed by atoms with Crippen LogP contribution in [0.3, 0.4) is 0 Å². The van der Waals surface area contributed by atoms with E-state index in [1.807, 2.05) is 19.1 Å². The van der Waals surface area contributed by atoms with Crippen LogP contribution in [0.1, 0.15) is 21.5 Å². The lowest BCUT2D eigenvalue weighted by Crippen LogP contribution is -2.17. The number of nitrogens with one attached hydrogen (secondary N) is 1. The van der Waals surface area contributed by atoms with Gasteiger partial charge in [0.25, 0.3) is 5.91 Å². The zero-order valence-electron chi connectivity index (χ0n) is 12.8. The summed E-state index contributed by atoms with van der Waals surface area (Å²) < 4.78 is 10.4. The Hall–Kier alpha value is -2.82. The third-order valence-electron chi connectivity index (χ3n) is 3.12. The molecule has 0 saturated heterocycles. The van der Waals surface area contributed by atoms with Crippen molar-refractivity contribution in [2.45, 2.75) is 6.92 Å².